The largest absolute Gasteiger partial charge is 0.354 e. The van der Waals surface area contributed by atoms with E-state index in [2.05, 4.69) is 10.3 Å². The van der Waals surface area contributed by atoms with Gasteiger partial charge in [0.15, 0.2) is 5.78 Å². The highest BCUT2D eigenvalue weighted by Gasteiger charge is 2.30. The Morgan fingerprint density at radius 2 is 1.79 bits per heavy atom. The van der Waals surface area contributed by atoms with Gasteiger partial charge in [0.2, 0.25) is 0 Å². The van der Waals surface area contributed by atoms with Crippen molar-refractivity contribution in [1.29, 1.82) is 0 Å². The fourth-order valence-corrected chi connectivity index (χ4v) is 3.52. The molecule has 7 heteroatoms. The number of urea groups is 1. The summed E-state index contributed by atoms with van der Waals surface area (Å²) in [5.41, 5.74) is 2.91. The quantitative estimate of drug-likeness (QED) is 0.857. The Labute approximate surface area is 141 Å². The molecule has 7 nitrogen and oxygen atoms in total. The Bertz CT molecular complexity index is 672. The van der Waals surface area contributed by atoms with E-state index in [4.69, 9.17) is 0 Å². The molecule has 0 saturated carbocycles. The number of amides is 3. The molecule has 0 radical (unpaired) electrons. The molecule has 1 aromatic rings. The number of Topliss-reactive ketones (excluding diaryl/α,β-unsaturated/α-hetero) is 1. The molecule has 0 aromatic carbocycles. The van der Waals surface area contributed by atoms with Gasteiger partial charge in [-0.1, -0.05) is 0 Å². The second-order valence-corrected chi connectivity index (χ2v) is 6.37. The Hall–Kier alpha value is -2.31. The Morgan fingerprint density at radius 3 is 2.42 bits per heavy atom. The summed E-state index contributed by atoms with van der Waals surface area (Å²) >= 11 is 0. The Morgan fingerprint density at radius 1 is 1.12 bits per heavy atom. The van der Waals surface area contributed by atoms with Crippen molar-refractivity contribution >= 4 is 17.7 Å². The summed E-state index contributed by atoms with van der Waals surface area (Å²) in [7, 11) is 0. The minimum absolute atomic E-state index is 0.0785. The number of aromatic amines is 1. The minimum Gasteiger partial charge on any atom is -0.354 e. The second-order valence-electron chi connectivity index (χ2n) is 6.37. The number of aryl methyl sites for hydroxylation is 1. The number of H-pyrrole nitrogens is 1. The predicted octanol–water partition coefficient (Wildman–Crippen LogP) is 1.33. The maximum Gasteiger partial charge on any atom is 0.317 e. The summed E-state index contributed by atoms with van der Waals surface area (Å²) in [6.45, 7) is 6.39. The molecule has 1 aromatic heterocycles. The van der Waals surface area contributed by atoms with Crippen LogP contribution in [0.3, 0.4) is 0 Å². The first-order chi connectivity index (χ1) is 11.5. The lowest BCUT2D eigenvalue weighted by Crippen LogP contribution is -2.53. The van der Waals surface area contributed by atoms with Gasteiger partial charge in [0.05, 0.1) is 0 Å². The molecule has 1 aliphatic heterocycles. The van der Waals surface area contributed by atoms with Crippen LogP contribution in [0.1, 0.15) is 51.9 Å². The van der Waals surface area contributed by atoms with Crippen molar-refractivity contribution in [2.45, 2.75) is 33.1 Å². The van der Waals surface area contributed by atoms with Crippen LogP contribution >= 0.6 is 0 Å². The zero-order valence-corrected chi connectivity index (χ0v) is 14.3. The van der Waals surface area contributed by atoms with Gasteiger partial charge in [0.1, 0.15) is 5.69 Å². The van der Waals surface area contributed by atoms with E-state index < -0.39 is 0 Å². The molecular formula is C17H24N4O3. The van der Waals surface area contributed by atoms with Crippen LogP contribution in [0.5, 0.6) is 0 Å². The van der Waals surface area contributed by atoms with Gasteiger partial charge in [0, 0.05) is 50.4 Å². The first-order valence-corrected chi connectivity index (χ1v) is 8.59. The summed E-state index contributed by atoms with van der Waals surface area (Å²) in [4.78, 5) is 43.4. The van der Waals surface area contributed by atoms with E-state index in [-0.39, 0.29) is 17.7 Å². The molecule has 130 valence electrons. The van der Waals surface area contributed by atoms with Gasteiger partial charge in [0.25, 0.3) is 5.91 Å². The number of fused-ring (bicyclic) bond motifs is 1. The molecule has 0 spiro atoms. The summed E-state index contributed by atoms with van der Waals surface area (Å²) in [5, 5.41) is 2.78. The molecule has 2 heterocycles. The number of hydrogen-bond acceptors (Lipinski definition) is 3. The van der Waals surface area contributed by atoms with Crippen LogP contribution in [-0.2, 0) is 6.42 Å². The van der Waals surface area contributed by atoms with Crippen LogP contribution in [0.15, 0.2) is 0 Å². The van der Waals surface area contributed by atoms with Crippen LogP contribution in [-0.4, -0.2) is 65.2 Å². The zero-order chi connectivity index (χ0) is 17.3. The molecule has 24 heavy (non-hydrogen) atoms. The average Bonchev–Trinajstić information content (AvgIpc) is 2.93. The van der Waals surface area contributed by atoms with Crippen LogP contribution in [0.4, 0.5) is 4.79 Å². The topological polar surface area (TPSA) is 85.5 Å². The van der Waals surface area contributed by atoms with Gasteiger partial charge in [-0.3, -0.25) is 9.59 Å². The van der Waals surface area contributed by atoms with Crippen molar-refractivity contribution in [3.63, 3.8) is 0 Å². The van der Waals surface area contributed by atoms with Crippen molar-refractivity contribution in [2.75, 3.05) is 32.7 Å². The number of carbonyl (C=O) groups is 3. The molecule has 1 saturated heterocycles. The standard InChI is InChI=1S/C17H24N4O3/c1-3-18-17(24)21-9-7-20(8-10-21)16(23)15-11(2)14-12(19-15)5-4-6-13(14)22/h19H,3-10H2,1-2H3,(H,18,24). The smallest absolute Gasteiger partial charge is 0.317 e. The molecule has 3 amide bonds. The van der Waals surface area contributed by atoms with E-state index in [1.165, 1.54) is 0 Å². The molecule has 0 unspecified atom stereocenters. The van der Waals surface area contributed by atoms with Crippen molar-refractivity contribution in [2.24, 2.45) is 0 Å². The third-order valence-corrected chi connectivity index (χ3v) is 4.83. The number of hydrogen-bond donors (Lipinski definition) is 2. The molecule has 0 bridgehead atoms. The SMILES string of the molecule is CCNC(=O)N1CCN(C(=O)c2[nH]c3c(c2C)C(=O)CCC3)CC1. The number of carbonyl (C=O) groups excluding carboxylic acids is 3. The number of rotatable bonds is 2. The first kappa shape index (κ1) is 16.5. The normalized spacial score (nSPS) is 17.7. The van der Waals surface area contributed by atoms with E-state index in [1.807, 2.05) is 13.8 Å². The summed E-state index contributed by atoms with van der Waals surface area (Å²) in [6, 6.07) is -0.0817. The molecule has 2 N–H and O–H groups in total. The van der Waals surface area contributed by atoms with E-state index in [1.54, 1.807) is 9.80 Å². The van der Waals surface area contributed by atoms with Gasteiger partial charge >= 0.3 is 6.03 Å². The van der Waals surface area contributed by atoms with Gasteiger partial charge in [-0.2, -0.15) is 0 Å². The van der Waals surface area contributed by atoms with Crippen LogP contribution in [0.2, 0.25) is 0 Å². The zero-order valence-electron chi connectivity index (χ0n) is 14.3. The highest BCUT2D eigenvalue weighted by atomic mass is 16.2. The van der Waals surface area contributed by atoms with Crippen LogP contribution in [0.25, 0.3) is 0 Å². The second kappa shape index (κ2) is 6.67. The third-order valence-electron chi connectivity index (χ3n) is 4.83. The summed E-state index contributed by atoms with van der Waals surface area (Å²) in [5.74, 6) is 0.0513. The highest BCUT2D eigenvalue weighted by molar-refractivity contribution is 6.04. The molecule has 2 aliphatic rings. The van der Waals surface area contributed by atoms with Crippen LogP contribution in [0, 0.1) is 6.92 Å². The van der Waals surface area contributed by atoms with E-state index in [0.717, 1.165) is 24.1 Å². The van der Waals surface area contributed by atoms with Gasteiger partial charge in [-0.15, -0.1) is 0 Å². The van der Waals surface area contributed by atoms with Crippen molar-refractivity contribution < 1.29 is 14.4 Å². The van der Waals surface area contributed by atoms with Crippen molar-refractivity contribution in [3.8, 4) is 0 Å². The molecular weight excluding hydrogens is 308 g/mol. The third kappa shape index (κ3) is 2.90. The average molecular weight is 332 g/mol. The number of piperazine rings is 1. The number of nitrogens with one attached hydrogen (secondary N) is 2. The Kier molecular flexibility index (Phi) is 4.59. The van der Waals surface area contributed by atoms with E-state index >= 15 is 0 Å². The lowest BCUT2D eigenvalue weighted by molar-refractivity contribution is 0.0659. The monoisotopic (exact) mass is 332 g/mol. The molecule has 0 atom stereocenters. The number of ketones is 1. The fourth-order valence-electron chi connectivity index (χ4n) is 3.52. The molecule has 1 aliphatic carbocycles. The van der Waals surface area contributed by atoms with Gasteiger partial charge in [-0.05, 0) is 32.3 Å². The van der Waals surface area contributed by atoms with Crippen molar-refractivity contribution in [3.05, 3.63) is 22.5 Å². The van der Waals surface area contributed by atoms with Gasteiger partial charge < -0.3 is 20.1 Å². The lowest BCUT2D eigenvalue weighted by atomic mass is 9.93. The maximum atomic E-state index is 12.8. The first-order valence-electron chi connectivity index (χ1n) is 8.59. The van der Waals surface area contributed by atoms with Crippen LogP contribution < -0.4 is 5.32 Å². The molecule has 3 rings (SSSR count). The summed E-state index contributed by atoms with van der Waals surface area (Å²) < 4.78 is 0. The fraction of sp³-hybridized carbons (Fsp3) is 0.588. The predicted molar refractivity (Wildman–Crippen MR) is 89.3 cm³/mol. The number of nitrogens with zero attached hydrogens (tertiary/aromatic N) is 2. The number of aromatic nitrogens is 1. The molecule has 1 fully saturated rings. The van der Waals surface area contributed by atoms with Crippen molar-refractivity contribution in [1.82, 2.24) is 20.1 Å². The summed E-state index contributed by atoms with van der Waals surface area (Å²) in [6.07, 6.45) is 2.22. The van der Waals surface area contributed by atoms with Gasteiger partial charge in [-0.25, -0.2) is 4.79 Å². The maximum absolute atomic E-state index is 12.8. The highest BCUT2D eigenvalue weighted by Crippen LogP contribution is 2.27. The minimum atomic E-state index is -0.0817. The Balaban J connectivity index is 1.70. The van der Waals surface area contributed by atoms with E-state index in [9.17, 15) is 14.4 Å². The lowest BCUT2D eigenvalue weighted by Gasteiger charge is -2.34. The van der Waals surface area contributed by atoms with E-state index in [0.29, 0.717) is 50.4 Å².